The van der Waals surface area contributed by atoms with Crippen LogP contribution in [0.4, 0.5) is 4.79 Å². The Morgan fingerprint density at radius 1 is 0.500 bits per heavy atom. The van der Waals surface area contributed by atoms with Crippen LogP contribution in [-0.4, -0.2) is 137 Å². The van der Waals surface area contributed by atoms with Crippen molar-refractivity contribution in [3.05, 3.63) is 95.6 Å². The monoisotopic (exact) mass is 1110 g/mol. The van der Waals surface area contributed by atoms with Gasteiger partial charge in [0.1, 0.15) is 48.5 Å². The Morgan fingerprint density at radius 2 is 0.938 bits per heavy atom. The molecule has 440 valence electrons. The smallest absolute Gasteiger partial charge is 0.407 e. The first-order valence-electron chi connectivity index (χ1n) is 27.1. The fourth-order valence-electron chi connectivity index (χ4n) is 8.96. The van der Waals surface area contributed by atoms with Gasteiger partial charge < -0.3 is 60.7 Å². The number of benzene rings is 3. The van der Waals surface area contributed by atoms with E-state index in [-0.39, 0.29) is 18.9 Å². The number of nitrogens with one attached hydrogen (secondary N) is 6. The van der Waals surface area contributed by atoms with Crippen LogP contribution in [0.15, 0.2) is 78.9 Å². The summed E-state index contributed by atoms with van der Waals surface area (Å²) in [7, 11) is 0. The molecule has 1 aliphatic carbocycles. The molecule has 6 amide bonds. The van der Waals surface area contributed by atoms with Gasteiger partial charge in [-0.25, -0.2) is 9.59 Å². The number of hydrogen-bond acceptors (Lipinski definition) is 13. The van der Waals surface area contributed by atoms with Gasteiger partial charge >= 0.3 is 18.0 Å². The highest BCUT2D eigenvalue weighted by Gasteiger charge is 2.40. The van der Waals surface area contributed by atoms with Crippen LogP contribution < -0.4 is 31.9 Å². The number of fused-ring (bicyclic) bond motifs is 3. The van der Waals surface area contributed by atoms with Crippen molar-refractivity contribution >= 4 is 47.6 Å². The molecular formula is C60H86N6O14. The summed E-state index contributed by atoms with van der Waals surface area (Å²) in [6.45, 7) is 26.3. The number of esters is 1. The molecule has 0 unspecified atom stereocenters. The van der Waals surface area contributed by atoms with E-state index in [0.29, 0.717) is 5.56 Å². The number of carbonyl (C=O) groups excluding carboxylic acids is 7. The van der Waals surface area contributed by atoms with Crippen molar-refractivity contribution in [3.63, 3.8) is 0 Å². The second kappa shape index (κ2) is 28.0. The topological polar surface area (TPSA) is 275 Å². The molecule has 20 heteroatoms. The Kier molecular flexibility index (Phi) is 23.0. The molecule has 0 aromatic heterocycles. The van der Waals surface area contributed by atoms with Crippen molar-refractivity contribution in [3.8, 4) is 11.1 Å². The number of carboxylic acids is 1. The zero-order valence-electron chi connectivity index (χ0n) is 49.4. The molecule has 80 heavy (non-hydrogen) atoms. The van der Waals surface area contributed by atoms with Crippen LogP contribution in [0, 0.1) is 5.92 Å². The number of rotatable bonds is 25. The molecule has 0 radical (unpaired) electrons. The SMILES string of the molecule is CC(C)[C@H](NC(=O)[C@H](CC(=O)OC(C)(C)C)NC(=O)[C@H](COC(C)(C)C)NC(=O)[C@@H](NC(=O)[C@H](Cc1ccccc1)NC(=O)[C@@H](NC(=O)OCC1c2ccccc2-c2ccccc21)[C@@H](C)OC(C)(C)C)[C@@H](C)OC(C)(C)C)C(=O)O. The Morgan fingerprint density at radius 3 is 1.41 bits per heavy atom. The molecule has 0 saturated heterocycles. The van der Waals surface area contributed by atoms with E-state index in [4.69, 9.17) is 23.7 Å². The molecule has 0 fully saturated rings. The zero-order chi connectivity index (χ0) is 60.1. The van der Waals surface area contributed by atoms with Crippen molar-refractivity contribution in [2.24, 2.45) is 5.92 Å². The summed E-state index contributed by atoms with van der Waals surface area (Å²) in [5, 5.41) is 25.7. The van der Waals surface area contributed by atoms with Gasteiger partial charge in [0.2, 0.25) is 29.5 Å². The summed E-state index contributed by atoms with van der Waals surface area (Å²) in [5.41, 5.74) is 1.12. The minimum absolute atomic E-state index is 0.0433. The molecule has 7 N–H and O–H groups in total. The van der Waals surface area contributed by atoms with E-state index in [1.807, 2.05) is 48.5 Å². The summed E-state index contributed by atoms with van der Waals surface area (Å²) < 4.78 is 29.8. The molecule has 3 aromatic rings. The fraction of sp³-hybridized carbons (Fsp3) is 0.567. The number of hydrogen-bond donors (Lipinski definition) is 7. The lowest BCUT2D eigenvalue weighted by atomic mass is 9.98. The van der Waals surface area contributed by atoms with Crippen molar-refractivity contribution in [2.45, 2.75) is 200 Å². The molecule has 1 aliphatic rings. The molecule has 0 spiro atoms. The summed E-state index contributed by atoms with van der Waals surface area (Å²) >= 11 is 0. The third-order valence-electron chi connectivity index (χ3n) is 12.4. The van der Waals surface area contributed by atoms with E-state index in [2.05, 4.69) is 31.9 Å². The van der Waals surface area contributed by atoms with Gasteiger partial charge in [-0.05, 0) is 131 Å². The van der Waals surface area contributed by atoms with Crippen LogP contribution in [0.25, 0.3) is 11.1 Å². The molecular weight excluding hydrogens is 1030 g/mol. The first-order valence-corrected chi connectivity index (χ1v) is 27.1. The van der Waals surface area contributed by atoms with Crippen LogP contribution in [0.5, 0.6) is 0 Å². The lowest BCUT2D eigenvalue weighted by Crippen LogP contribution is -2.63. The molecule has 8 atom stereocenters. The Bertz CT molecular complexity index is 2590. The van der Waals surface area contributed by atoms with Gasteiger partial charge in [0, 0.05) is 12.3 Å². The maximum absolute atomic E-state index is 14.9. The predicted octanol–water partition coefficient (Wildman–Crippen LogP) is 6.26. The van der Waals surface area contributed by atoms with Crippen molar-refractivity contribution in [2.75, 3.05) is 13.2 Å². The summed E-state index contributed by atoms with van der Waals surface area (Å²) in [5.74, 6) is -7.72. The minimum atomic E-state index is -1.69. The maximum Gasteiger partial charge on any atom is 0.407 e. The number of amides is 6. The summed E-state index contributed by atoms with van der Waals surface area (Å²) in [4.78, 5) is 112. The van der Waals surface area contributed by atoms with E-state index in [0.717, 1.165) is 22.3 Å². The van der Waals surface area contributed by atoms with Crippen LogP contribution in [0.2, 0.25) is 0 Å². The van der Waals surface area contributed by atoms with Crippen LogP contribution >= 0.6 is 0 Å². The Labute approximate surface area is 471 Å². The van der Waals surface area contributed by atoms with Gasteiger partial charge in [-0.15, -0.1) is 0 Å². The first kappa shape index (κ1) is 65.6. The van der Waals surface area contributed by atoms with Gasteiger partial charge in [0.05, 0.1) is 42.0 Å². The van der Waals surface area contributed by atoms with Gasteiger partial charge in [0.25, 0.3) is 0 Å². The van der Waals surface area contributed by atoms with Crippen molar-refractivity contribution in [1.82, 2.24) is 31.9 Å². The van der Waals surface area contributed by atoms with Gasteiger partial charge in [-0.2, -0.15) is 0 Å². The van der Waals surface area contributed by atoms with Gasteiger partial charge in [0.15, 0.2) is 0 Å². The largest absolute Gasteiger partial charge is 0.480 e. The fourth-order valence-corrected chi connectivity index (χ4v) is 8.96. The van der Waals surface area contributed by atoms with E-state index >= 15 is 0 Å². The summed E-state index contributed by atoms with van der Waals surface area (Å²) in [6, 6.07) is 15.4. The maximum atomic E-state index is 14.9. The van der Waals surface area contributed by atoms with Crippen molar-refractivity contribution in [1.29, 1.82) is 0 Å². The average molecular weight is 1120 g/mol. The minimum Gasteiger partial charge on any atom is -0.480 e. The number of ether oxygens (including phenoxy) is 5. The van der Waals surface area contributed by atoms with E-state index < -0.39 is 137 Å². The van der Waals surface area contributed by atoms with E-state index in [1.54, 1.807) is 134 Å². The molecule has 20 nitrogen and oxygen atoms in total. The highest BCUT2D eigenvalue weighted by Crippen LogP contribution is 2.44. The standard InChI is InChI=1S/C60H86N6O14/c1-34(2)47(55(73)74)64-51(69)44(31-46(67)80-60(14,15)16)61-52(70)45(33-77-57(5,6)7)63-53(71)48(35(3)78-58(8,9)10)65-50(68)43(30-37-24-18-17-19-25-37)62-54(72)49(36(4)79-59(11,12)13)66-56(75)76-32-42-40-28-22-20-26-38(40)39-27-21-23-29-41(39)42/h17-29,34-36,42-45,47-49H,30-33H2,1-16H3,(H,61,70)(H,62,72)(H,63,71)(H,64,69)(H,65,68)(H,66,75)(H,73,74)/t35-,36-,43+,44+,45+,47+,48+,49+/m1/s1. The van der Waals surface area contributed by atoms with Crippen LogP contribution in [-0.2, 0) is 63.7 Å². The summed E-state index contributed by atoms with van der Waals surface area (Å²) in [6.07, 6.45) is -3.81. The molecule has 4 rings (SSSR count). The molecule has 0 saturated carbocycles. The molecule has 0 heterocycles. The number of aliphatic carboxylic acids is 1. The Balaban J connectivity index is 1.68. The van der Waals surface area contributed by atoms with Gasteiger partial charge in [-0.1, -0.05) is 92.7 Å². The number of carbonyl (C=O) groups is 8. The van der Waals surface area contributed by atoms with Gasteiger partial charge in [-0.3, -0.25) is 28.8 Å². The first-order chi connectivity index (χ1) is 37.0. The highest BCUT2D eigenvalue weighted by molar-refractivity contribution is 5.98. The average Bonchev–Trinajstić information content (AvgIpc) is 3.69. The lowest BCUT2D eigenvalue weighted by molar-refractivity contribution is -0.157. The molecule has 0 bridgehead atoms. The number of alkyl carbamates (subject to hydrolysis) is 1. The molecule has 3 aromatic carbocycles. The van der Waals surface area contributed by atoms with Crippen LogP contribution in [0.1, 0.15) is 140 Å². The highest BCUT2D eigenvalue weighted by atomic mass is 16.6. The predicted molar refractivity (Wildman–Crippen MR) is 301 cm³/mol. The van der Waals surface area contributed by atoms with Crippen molar-refractivity contribution < 1.29 is 67.1 Å². The second-order valence-electron chi connectivity index (χ2n) is 24.5. The lowest BCUT2D eigenvalue weighted by Gasteiger charge is -2.34. The third kappa shape index (κ3) is 21.0. The molecule has 0 aliphatic heterocycles. The quantitative estimate of drug-likeness (QED) is 0.0462. The zero-order valence-corrected chi connectivity index (χ0v) is 49.4. The second-order valence-corrected chi connectivity index (χ2v) is 24.5. The van der Waals surface area contributed by atoms with Crippen LogP contribution in [0.3, 0.4) is 0 Å². The Hall–Kier alpha value is -6.90. The van der Waals surface area contributed by atoms with E-state index in [9.17, 15) is 43.5 Å². The number of carboxylic acid groups (broad SMARTS) is 1. The third-order valence-corrected chi connectivity index (χ3v) is 12.4. The normalized spacial score (nSPS) is 15.7. The van der Waals surface area contributed by atoms with E-state index in [1.165, 1.54) is 6.92 Å².